The summed E-state index contributed by atoms with van der Waals surface area (Å²) in [5, 5.41) is 9.12. The van der Waals surface area contributed by atoms with Crippen LogP contribution in [0.1, 0.15) is 57.2 Å². The minimum Gasteiger partial charge on any atom is -0.328 e. The highest BCUT2D eigenvalue weighted by Gasteiger charge is 2.19. The third-order valence-electron chi connectivity index (χ3n) is 3.63. The number of nitrogens with zero attached hydrogens (tertiary/aromatic N) is 2. The first-order valence-corrected chi connectivity index (χ1v) is 9.40. The zero-order valence-corrected chi connectivity index (χ0v) is 16.2. The second-order valence-corrected chi connectivity index (χ2v) is 7.23. The standard InChI is InChI=1S/C17H30N4O2S/c1-6-8-18-9-7-15(13(4)22)20-17(23)21(5)10-14-11-24-16(19-14)12(2)3/h11-12,15,18H,6-10H2,1-5H3,(H,20,23)/t15-/m0/s1. The lowest BCUT2D eigenvalue weighted by Crippen LogP contribution is -2.46. The Hall–Kier alpha value is -1.47. The molecule has 0 saturated carbocycles. The number of hydrogen-bond acceptors (Lipinski definition) is 5. The average Bonchev–Trinajstić information content (AvgIpc) is 2.98. The molecule has 0 fully saturated rings. The fourth-order valence-electron chi connectivity index (χ4n) is 2.16. The number of Topliss-reactive ketones (excluding diaryl/α,β-unsaturated/α-hetero) is 1. The van der Waals surface area contributed by atoms with Crippen molar-refractivity contribution >= 4 is 23.2 Å². The van der Waals surface area contributed by atoms with E-state index in [0.717, 1.165) is 23.7 Å². The van der Waals surface area contributed by atoms with E-state index in [9.17, 15) is 9.59 Å². The number of amides is 2. The van der Waals surface area contributed by atoms with Gasteiger partial charge in [-0.3, -0.25) is 4.79 Å². The van der Waals surface area contributed by atoms with Crippen LogP contribution in [0.25, 0.3) is 0 Å². The molecule has 0 bridgehead atoms. The monoisotopic (exact) mass is 354 g/mol. The number of hydrogen-bond donors (Lipinski definition) is 2. The zero-order chi connectivity index (χ0) is 18.1. The summed E-state index contributed by atoms with van der Waals surface area (Å²) in [6, 6.07) is -0.698. The Morgan fingerprint density at radius 2 is 2.04 bits per heavy atom. The molecule has 1 rings (SSSR count). The van der Waals surface area contributed by atoms with Crippen molar-refractivity contribution in [2.45, 2.75) is 59.0 Å². The zero-order valence-electron chi connectivity index (χ0n) is 15.4. The maximum atomic E-state index is 12.3. The molecule has 0 unspecified atom stereocenters. The summed E-state index contributed by atoms with van der Waals surface area (Å²) < 4.78 is 0. The van der Waals surface area contributed by atoms with E-state index in [2.05, 4.69) is 36.4 Å². The molecule has 136 valence electrons. The van der Waals surface area contributed by atoms with Crippen molar-refractivity contribution in [1.29, 1.82) is 0 Å². The molecule has 0 saturated heterocycles. The fourth-order valence-corrected chi connectivity index (χ4v) is 2.99. The van der Waals surface area contributed by atoms with Gasteiger partial charge in [0.1, 0.15) is 0 Å². The van der Waals surface area contributed by atoms with Crippen molar-refractivity contribution in [2.75, 3.05) is 20.1 Å². The van der Waals surface area contributed by atoms with Gasteiger partial charge in [-0.15, -0.1) is 11.3 Å². The van der Waals surface area contributed by atoms with Gasteiger partial charge < -0.3 is 15.5 Å². The molecule has 6 nitrogen and oxygen atoms in total. The molecule has 0 aliphatic heterocycles. The van der Waals surface area contributed by atoms with Crippen molar-refractivity contribution in [3.8, 4) is 0 Å². The molecule has 0 radical (unpaired) electrons. The number of nitrogens with one attached hydrogen (secondary N) is 2. The summed E-state index contributed by atoms with van der Waals surface area (Å²) >= 11 is 1.61. The van der Waals surface area contributed by atoms with Crippen molar-refractivity contribution in [3.05, 3.63) is 16.1 Å². The Bertz CT molecular complexity index is 530. The fraction of sp³-hybridized carbons (Fsp3) is 0.706. The molecular weight excluding hydrogens is 324 g/mol. The summed E-state index contributed by atoms with van der Waals surface area (Å²) in [6.07, 6.45) is 1.65. The van der Waals surface area contributed by atoms with Gasteiger partial charge in [0.05, 0.1) is 23.3 Å². The van der Waals surface area contributed by atoms with Crippen LogP contribution in [-0.2, 0) is 11.3 Å². The highest BCUT2D eigenvalue weighted by atomic mass is 32.1. The van der Waals surface area contributed by atoms with Gasteiger partial charge in [-0.25, -0.2) is 9.78 Å². The van der Waals surface area contributed by atoms with Crippen LogP contribution in [-0.4, -0.2) is 47.9 Å². The average molecular weight is 355 g/mol. The number of urea groups is 1. The number of carbonyl (C=O) groups is 2. The molecule has 2 amide bonds. The number of thiazole rings is 1. The largest absolute Gasteiger partial charge is 0.328 e. The van der Waals surface area contributed by atoms with Gasteiger partial charge in [-0.2, -0.15) is 0 Å². The second kappa shape index (κ2) is 10.4. The molecule has 1 aromatic heterocycles. The van der Waals surface area contributed by atoms with Gasteiger partial charge in [0.25, 0.3) is 0 Å². The van der Waals surface area contributed by atoms with E-state index < -0.39 is 6.04 Å². The molecule has 0 spiro atoms. The molecule has 2 N–H and O–H groups in total. The summed E-state index contributed by atoms with van der Waals surface area (Å²) in [5.74, 6) is 0.367. The van der Waals surface area contributed by atoms with Gasteiger partial charge in [0.2, 0.25) is 0 Å². The first kappa shape index (κ1) is 20.6. The van der Waals surface area contributed by atoms with Gasteiger partial charge in [0, 0.05) is 18.3 Å². The second-order valence-electron chi connectivity index (χ2n) is 6.34. The minimum absolute atomic E-state index is 0.0224. The molecule has 1 atom stereocenters. The van der Waals surface area contributed by atoms with Crippen LogP contribution in [0.4, 0.5) is 4.79 Å². The van der Waals surface area contributed by atoms with Crippen LogP contribution in [0, 0.1) is 0 Å². The molecule has 1 aromatic rings. The van der Waals surface area contributed by atoms with Gasteiger partial charge >= 0.3 is 6.03 Å². The molecule has 24 heavy (non-hydrogen) atoms. The first-order valence-electron chi connectivity index (χ1n) is 8.52. The number of aromatic nitrogens is 1. The number of carbonyl (C=O) groups excluding carboxylic acids is 2. The van der Waals surface area contributed by atoms with E-state index in [0.29, 0.717) is 25.4 Å². The molecule has 0 aliphatic rings. The molecule has 1 heterocycles. The Labute approximate surface area is 149 Å². The normalized spacial score (nSPS) is 12.2. The van der Waals surface area contributed by atoms with Crippen LogP contribution in [0.15, 0.2) is 5.38 Å². The predicted molar refractivity (Wildman–Crippen MR) is 98.4 cm³/mol. The Balaban J connectivity index is 2.51. The van der Waals surface area contributed by atoms with Crippen molar-refractivity contribution in [3.63, 3.8) is 0 Å². The van der Waals surface area contributed by atoms with Crippen LogP contribution in [0.3, 0.4) is 0 Å². The maximum absolute atomic E-state index is 12.3. The number of rotatable bonds is 10. The predicted octanol–water partition coefficient (Wildman–Crippen LogP) is 2.76. The summed E-state index contributed by atoms with van der Waals surface area (Å²) in [4.78, 5) is 30.1. The van der Waals surface area contributed by atoms with E-state index >= 15 is 0 Å². The molecule has 0 aromatic carbocycles. The summed E-state index contributed by atoms with van der Waals surface area (Å²) in [5.41, 5.74) is 0.880. The lowest BCUT2D eigenvalue weighted by atomic mass is 10.1. The first-order chi connectivity index (χ1) is 11.3. The Morgan fingerprint density at radius 1 is 1.33 bits per heavy atom. The lowest BCUT2D eigenvalue weighted by Gasteiger charge is -2.21. The summed E-state index contributed by atoms with van der Waals surface area (Å²) in [6.45, 7) is 9.88. The van der Waals surface area contributed by atoms with E-state index in [1.165, 1.54) is 6.92 Å². The summed E-state index contributed by atoms with van der Waals surface area (Å²) in [7, 11) is 1.72. The smallest absolute Gasteiger partial charge is 0.318 e. The van der Waals surface area contributed by atoms with E-state index in [1.807, 2.05) is 5.38 Å². The molecule has 7 heteroatoms. The SMILES string of the molecule is CCCNCC[C@H](NC(=O)N(C)Cc1csc(C(C)C)n1)C(C)=O. The van der Waals surface area contributed by atoms with Crippen LogP contribution in [0.5, 0.6) is 0 Å². The maximum Gasteiger partial charge on any atom is 0.318 e. The highest BCUT2D eigenvalue weighted by molar-refractivity contribution is 7.09. The van der Waals surface area contributed by atoms with Crippen LogP contribution in [0.2, 0.25) is 0 Å². The number of ketones is 1. The van der Waals surface area contributed by atoms with Crippen LogP contribution < -0.4 is 10.6 Å². The minimum atomic E-state index is -0.453. The van der Waals surface area contributed by atoms with Gasteiger partial charge in [-0.1, -0.05) is 20.8 Å². The molecule has 0 aliphatic carbocycles. The van der Waals surface area contributed by atoms with Crippen molar-refractivity contribution in [1.82, 2.24) is 20.5 Å². The Kier molecular flexibility index (Phi) is 8.92. The van der Waals surface area contributed by atoms with E-state index in [1.54, 1.807) is 23.3 Å². The van der Waals surface area contributed by atoms with Crippen LogP contribution >= 0.6 is 11.3 Å². The van der Waals surface area contributed by atoms with Gasteiger partial charge in [-0.05, 0) is 32.9 Å². The van der Waals surface area contributed by atoms with E-state index in [4.69, 9.17) is 0 Å². The lowest BCUT2D eigenvalue weighted by molar-refractivity contribution is -0.118. The quantitative estimate of drug-likeness (QED) is 0.634. The Morgan fingerprint density at radius 3 is 2.58 bits per heavy atom. The van der Waals surface area contributed by atoms with Gasteiger partial charge in [0.15, 0.2) is 5.78 Å². The third-order valence-corrected chi connectivity index (χ3v) is 4.83. The molecular formula is C17H30N4O2S. The van der Waals surface area contributed by atoms with Crippen molar-refractivity contribution < 1.29 is 9.59 Å². The van der Waals surface area contributed by atoms with Crippen molar-refractivity contribution in [2.24, 2.45) is 0 Å². The van der Waals surface area contributed by atoms with E-state index in [-0.39, 0.29) is 11.8 Å². The highest BCUT2D eigenvalue weighted by Crippen LogP contribution is 2.19. The third kappa shape index (κ3) is 6.97. The topological polar surface area (TPSA) is 74.3 Å².